The van der Waals surface area contributed by atoms with Crippen LogP contribution in [-0.2, 0) is 10.8 Å². The van der Waals surface area contributed by atoms with Crippen LogP contribution < -0.4 is 0 Å². The molecule has 8 heteroatoms. The van der Waals surface area contributed by atoms with Crippen molar-refractivity contribution in [3.8, 4) is 11.3 Å². The van der Waals surface area contributed by atoms with Crippen molar-refractivity contribution in [3.05, 3.63) is 78.4 Å². The molecular weight excluding hydrogens is 525 g/mol. The summed E-state index contributed by atoms with van der Waals surface area (Å²) in [6.07, 6.45) is 0. The Morgan fingerprint density at radius 3 is 2.11 bits per heavy atom. The lowest BCUT2D eigenvalue weighted by atomic mass is 9.85. The second-order valence-electron chi connectivity index (χ2n) is 10.5. The smallest absolute Gasteiger partial charge is 0.145 e. The van der Waals surface area contributed by atoms with E-state index in [1.807, 2.05) is 64.6 Å². The minimum Gasteiger partial charge on any atom is -0.250 e. The molecule has 4 rings (SSSR count). The first-order chi connectivity index (χ1) is 16.3. The van der Waals surface area contributed by atoms with E-state index in [4.69, 9.17) is 23.2 Å². The predicted molar refractivity (Wildman–Crippen MR) is 151 cm³/mol. The maximum atomic E-state index is 15.2. The van der Waals surface area contributed by atoms with Crippen molar-refractivity contribution in [1.29, 1.82) is 0 Å². The van der Waals surface area contributed by atoms with E-state index in [2.05, 4.69) is 15.4 Å². The molecule has 0 spiro atoms. The summed E-state index contributed by atoms with van der Waals surface area (Å²) in [5, 5.41) is 5.18. The number of thiazole rings is 1. The Morgan fingerprint density at radius 2 is 1.51 bits per heavy atom. The van der Waals surface area contributed by atoms with Crippen molar-refractivity contribution in [2.75, 3.05) is 5.75 Å². The average molecular weight is 554 g/mol. The van der Waals surface area contributed by atoms with E-state index in [0.717, 1.165) is 27.5 Å². The summed E-state index contributed by atoms with van der Waals surface area (Å²) in [4.78, 5) is 9.15. The van der Waals surface area contributed by atoms with Gasteiger partial charge in [0.05, 0.1) is 26.4 Å². The van der Waals surface area contributed by atoms with Crippen molar-refractivity contribution in [2.45, 2.75) is 52.4 Å². The van der Waals surface area contributed by atoms with Crippen LogP contribution in [0.1, 0.15) is 56.3 Å². The van der Waals surface area contributed by atoms with Crippen molar-refractivity contribution in [1.82, 2.24) is 4.98 Å². The fraction of sp³-hybridized carbons (Fsp3) is 0.333. The van der Waals surface area contributed by atoms with E-state index in [1.165, 1.54) is 0 Å². The largest absolute Gasteiger partial charge is 0.250 e. The highest BCUT2D eigenvalue weighted by molar-refractivity contribution is 8.31. The number of halogens is 4. The molecule has 0 aliphatic carbocycles. The quantitative estimate of drug-likeness (QED) is 0.313. The zero-order chi connectivity index (χ0) is 25.7. The predicted octanol–water partition coefficient (Wildman–Crippen LogP) is 9.32. The summed E-state index contributed by atoms with van der Waals surface area (Å²) in [6, 6.07) is 6.94. The Hall–Kier alpha value is -1.73. The van der Waals surface area contributed by atoms with Gasteiger partial charge in [0.25, 0.3) is 0 Å². The minimum atomic E-state index is -0.770. The van der Waals surface area contributed by atoms with Crippen LogP contribution in [0.5, 0.6) is 0 Å². The number of rotatable bonds is 5. The number of hydrogen-bond acceptors (Lipinski definition) is 3. The molecule has 2 heterocycles. The van der Waals surface area contributed by atoms with Crippen molar-refractivity contribution >= 4 is 56.7 Å². The molecule has 1 unspecified atom stereocenters. The number of hydrogen-bond donors (Lipinski definition) is 1. The van der Waals surface area contributed by atoms with E-state index < -0.39 is 33.4 Å². The van der Waals surface area contributed by atoms with Gasteiger partial charge in [-0.3, -0.25) is 4.99 Å². The van der Waals surface area contributed by atoms with Crippen LogP contribution in [0, 0.1) is 18.6 Å². The number of nitrogens with zero attached hydrogens (tertiary/aromatic N) is 2. The third kappa shape index (κ3) is 5.51. The van der Waals surface area contributed by atoms with Crippen LogP contribution in [-0.4, -0.2) is 16.3 Å². The van der Waals surface area contributed by atoms with Crippen molar-refractivity contribution in [3.63, 3.8) is 0 Å². The molecule has 0 saturated carbocycles. The second kappa shape index (κ2) is 9.62. The summed E-state index contributed by atoms with van der Waals surface area (Å²) in [6.45, 7) is 11.8. The Balaban J connectivity index is 1.64. The maximum absolute atomic E-state index is 15.2. The van der Waals surface area contributed by atoms with Gasteiger partial charge in [-0.15, -0.1) is 11.3 Å². The SMILES string of the molecule is Cc1nc(-c2cc(Cl)c(F)c(C(C)(C)C[SH]3C=NC(c4cc(Cl)c(F)c(C(C)(C)C)c4)=C3)c2)cs1. The second-order valence-corrected chi connectivity index (χ2v) is 14.2. The van der Waals surface area contributed by atoms with Gasteiger partial charge in [-0.1, -0.05) is 57.8 Å². The molecular formula is C27H28Cl2F2N2S2. The van der Waals surface area contributed by atoms with Crippen LogP contribution in [0.2, 0.25) is 10.0 Å². The molecule has 0 fully saturated rings. The Bertz CT molecular complexity index is 1350. The monoisotopic (exact) mass is 552 g/mol. The molecule has 186 valence electrons. The zero-order valence-electron chi connectivity index (χ0n) is 20.5. The van der Waals surface area contributed by atoms with Crippen LogP contribution in [0.15, 0.2) is 40.0 Å². The minimum absolute atomic E-state index is 0.0888. The number of benzene rings is 2. The highest BCUT2D eigenvalue weighted by Gasteiger charge is 2.30. The summed E-state index contributed by atoms with van der Waals surface area (Å²) >= 11 is 14.1. The molecule has 1 atom stereocenters. The molecule has 0 saturated heterocycles. The fourth-order valence-corrected chi connectivity index (χ4v) is 7.33. The van der Waals surface area contributed by atoms with Crippen LogP contribution >= 0.6 is 45.4 Å². The molecule has 0 radical (unpaired) electrons. The van der Waals surface area contributed by atoms with Gasteiger partial charge < -0.3 is 0 Å². The van der Waals surface area contributed by atoms with Gasteiger partial charge >= 0.3 is 0 Å². The first-order valence-corrected chi connectivity index (χ1v) is 14.5. The first kappa shape index (κ1) is 26.3. The fourth-order valence-electron chi connectivity index (χ4n) is 4.15. The molecule has 1 aromatic heterocycles. The molecule has 2 nitrogen and oxygen atoms in total. The third-order valence-electron chi connectivity index (χ3n) is 6.02. The number of thiol groups is 1. The maximum Gasteiger partial charge on any atom is 0.145 e. The topological polar surface area (TPSA) is 25.2 Å². The van der Waals surface area contributed by atoms with Gasteiger partial charge in [0.2, 0.25) is 0 Å². The van der Waals surface area contributed by atoms with Gasteiger partial charge in [-0.05, 0) is 58.9 Å². The highest BCUT2D eigenvalue weighted by atomic mass is 35.5. The van der Waals surface area contributed by atoms with Gasteiger partial charge in [-0.25, -0.2) is 13.8 Å². The average Bonchev–Trinajstić information content (AvgIpc) is 3.39. The first-order valence-electron chi connectivity index (χ1n) is 11.2. The lowest BCUT2D eigenvalue weighted by Gasteiger charge is -2.29. The van der Waals surface area contributed by atoms with Crippen LogP contribution in [0.25, 0.3) is 17.0 Å². The third-order valence-corrected chi connectivity index (χ3v) is 9.48. The highest BCUT2D eigenvalue weighted by Crippen LogP contribution is 2.44. The van der Waals surface area contributed by atoms with E-state index in [-0.39, 0.29) is 10.0 Å². The van der Waals surface area contributed by atoms with Crippen LogP contribution in [0.4, 0.5) is 8.78 Å². The van der Waals surface area contributed by atoms with Gasteiger partial charge in [0.1, 0.15) is 11.6 Å². The van der Waals surface area contributed by atoms with E-state index in [1.54, 1.807) is 23.5 Å². The summed E-state index contributed by atoms with van der Waals surface area (Å²) in [5.74, 6) is -0.109. The van der Waals surface area contributed by atoms with E-state index >= 15 is 4.39 Å². The number of aryl methyl sites for hydroxylation is 1. The lowest BCUT2D eigenvalue weighted by Crippen LogP contribution is -2.24. The molecule has 0 amide bonds. The Morgan fingerprint density at radius 1 is 0.914 bits per heavy atom. The van der Waals surface area contributed by atoms with E-state index in [9.17, 15) is 4.39 Å². The van der Waals surface area contributed by atoms with Gasteiger partial charge in [-0.2, -0.15) is 10.9 Å². The molecule has 0 N–H and O–H groups in total. The molecule has 2 aromatic carbocycles. The number of aromatic nitrogens is 1. The number of aliphatic imine (C=N–C) groups is 1. The Kier molecular flexibility index (Phi) is 7.24. The van der Waals surface area contributed by atoms with Crippen molar-refractivity contribution < 1.29 is 8.78 Å². The molecule has 35 heavy (non-hydrogen) atoms. The summed E-state index contributed by atoms with van der Waals surface area (Å²) in [7, 11) is -0.770. The van der Waals surface area contributed by atoms with Crippen LogP contribution in [0.3, 0.4) is 0 Å². The van der Waals surface area contributed by atoms with E-state index in [0.29, 0.717) is 16.9 Å². The van der Waals surface area contributed by atoms with Crippen molar-refractivity contribution in [2.24, 2.45) is 4.99 Å². The van der Waals surface area contributed by atoms with Gasteiger partial charge in [0.15, 0.2) is 0 Å². The molecule has 0 bridgehead atoms. The molecule has 1 aliphatic heterocycles. The molecule has 3 aromatic rings. The normalized spacial score (nSPS) is 17.2. The van der Waals surface area contributed by atoms with Gasteiger partial charge in [0, 0.05) is 27.5 Å². The standard InChI is InChI=1S/C27H28Cl2F2N2S2/c1-15-33-22(11-34-15)16-8-19(25(31)21(29)9-16)27(5,6)13-35-12-23(32-14-35)17-7-18(26(2,3)4)24(30)20(28)10-17/h7-12,14,35H,13H2,1-6H3. The molecule has 1 aliphatic rings. The summed E-state index contributed by atoms with van der Waals surface area (Å²) < 4.78 is 29.9. The Labute approximate surface area is 222 Å². The zero-order valence-corrected chi connectivity index (χ0v) is 23.7. The summed E-state index contributed by atoms with van der Waals surface area (Å²) in [5.41, 5.74) is 5.30. The lowest BCUT2D eigenvalue weighted by molar-refractivity contribution is 0.523.